The number of benzene rings is 1. The molecule has 1 aromatic carbocycles. The summed E-state index contributed by atoms with van der Waals surface area (Å²) >= 11 is 0. The molecule has 1 aromatic rings. The lowest BCUT2D eigenvalue weighted by atomic mass is 10.1. The molecular weight excluding hydrogens is 310 g/mol. The van der Waals surface area contributed by atoms with Gasteiger partial charge in [0.2, 0.25) is 0 Å². The Morgan fingerprint density at radius 1 is 1.43 bits per heavy atom. The second-order valence-electron chi connectivity index (χ2n) is 5.91. The normalized spacial score (nSPS) is 20.9. The molecule has 6 heteroatoms. The summed E-state index contributed by atoms with van der Waals surface area (Å²) in [5.41, 5.74) is 1.06. The third-order valence-corrected chi connectivity index (χ3v) is 5.98. The van der Waals surface area contributed by atoms with Gasteiger partial charge in [0, 0.05) is 26.2 Å². The van der Waals surface area contributed by atoms with E-state index in [0.29, 0.717) is 6.54 Å². The lowest BCUT2D eigenvalue weighted by Gasteiger charge is -2.28. The van der Waals surface area contributed by atoms with Crippen LogP contribution in [-0.4, -0.2) is 43.2 Å². The lowest BCUT2D eigenvalue weighted by Crippen LogP contribution is -2.45. The lowest BCUT2D eigenvalue weighted by molar-refractivity contribution is 0.359. The number of hydrogen-bond acceptors (Lipinski definition) is 3. The first kappa shape index (κ1) is 17.7. The number of nitriles is 1. The molecule has 2 rings (SSSR count). The Balaban J connectivity index is 2.11. The van der Waals surface area contributed by atoms with Gasteiger partial charge in [0.25, 0.3) is 10.2 Å². The van der Waals surface area contributed by atoms with E-state index in [1.807, 2.05) is 42.5 Å². The van der Waals surface area contributed by atoms with E-state index in [0.717, 1.165) is 18.4 Å². The zero-order valence-corrected chi connectivity index (χ0v) is 14.4. The van der Waals surface area contributed by atoms with Crippen LogP contribution in [0.15, 0.2) is 36.4 Å². The van der Waals surface area contributed by atoms with Gasteiger partial charge in [0.05, 0.1) is 12.0 Å². The number of hydrogen-bond donors (Lipinski definition) is 0. The summed E-state index contributed by atoms with van der Waals surface area (Å²) in [6.45, 7) is 2.46. The second kappa shape index (κ2) is 7.73. The first-order chi connectivity index (χ1) is 10.9. The Kier molecular flexibility index (Phi) is 5.94. The Morgan fingerprint density at radius 3 is 2.78 bits per heavy atom. The maximum atomic E-state index is 12.7. The first-order valence-corrected chi connectivity index (χ1v) is 9.21. The predicted molar refractivity (Wildman–Crippen MR) is 91.5 cm³/mol. The second-order valence-corrected chi connectivity index (χ2v) is 7.90. The minimum atomic E-state index is -3.53. The largest absolute Gasteiger partial charge is 0.282 e. The Morgan fingerprint density at radius 2 is 2.13 bits per heavy atom. The van der Waals surface area contributed by atoms with Crippen molar-refractivity contribution in [2.75, 3.05) is 20.1 Å². The highest BCUT2D eigenvalue weighted by Gasteiger charge is 2.35. The van der Waals surface area contributed by atoms with Crippen LogP contribution in [0.25, 0.3) is 6.08 Å². The maximum Gasteiger partial charge on any atom is 0.282 e. The van der Waals surface area contributed by atoms with Gasteiger partial charge in [-0.25, -0.2) is 0 Å². The molecule has 2 atom stereocenters. The van der Waals surface area contributed by atoms with E-state index < -0.39 is 10.2 Å². The van der Waals surface area contributed by atoms with Gasteiger partial charge >= 0.3 is 0 Å². The highest BCUT2D eigenvalue weighted by atomic mass is 32.2. The average Bonchev–Trinajstić information content (AvgIpc) is 3.03. The summed E-state index contributed by atoms with van der Waals surface area (Å²) in [5.74, 6) is -0.323. The van der Waals surface area contributed by atoms with Gasteiger partial charge in [0.1, 0.15) is 0 Å². The van der Waals surface area contributed by atoms with Crippen LogP contribution in [0.5, 0.6) is 0 Å². The van der Waals surface area contributed by atoms with Crippen molar-refractivity contribution < 1.29 is 8.42 Å². The quantitative estimate of drug-likeness (QED) is 0.803. The number of rotatable bonds is 6. The summed E-state index contributed by atoms with van der Waals surface area (Å²) in [6.07, 6.45) is 5.60. The van der Waals surface area contributed by atoms with Gasteiger partial charge in [-0.15, -0.1) is 0 Å². The van der Waals surface area contributed by atoms with E-state index in [9.17, 15) is 8.42 Å². The molecule has 124 valence electrons. The monoisotopic (exact) mass is 333 g/mol. The van der Waals surface area contributed by atoms with Crippen molar-refractivity contribution in [3.63, 3.8) is 0 Å². The molecule has 0 N–H and O–H groups in total. The Labute approximate surface area is 139 Å². The van der Waals surface area contributed by atoms with Crippen molar-refractivity contribution in [3.8, 4) is 6.07 Å². The Bertz CT molecular complexity index is 680. The molecule has 0 aliphatic carbocycles. The van der Waals surface area contributed by atoms with Crippen molar-refractivity contribution in [1.82, 2.24) is 8.61 Å². The van der Waals surface area contributed by atoms with E-state index >= 15 is 0 Å². The van der Waals surface area contributed by atoms with E-state index in [-0.39, 0.29) is 18.5 Å². The van der Waals surface area contributed by atoms with E-state index in [1.54, 1.807) is 14.0 Å². The van der Waals surface area contributed by atoms with Crippen molar-refractivity contribution in [1.29, 1.82) is 5.26 Å². The molecule has 0 saturated carbocycles. The van der Waals surface area contributed by atoms with Crippen molar-refractivity contribution in [2.45, 2.75) is 25.8 Å². The molecule has 0 aromatic heterocycles. The smallest absolute Gasteiger partial charge is 0.198 e. The molecule has 0 radical (unpaired) electrons. The molecule has 0 amide bonds. The molecule has 0 spiro atoms. The molecule has 1 aliphatic rings. The summed E-state index contributed by atoms with van der Waals surface area (Å²) in [4.78, 5) is 0. The van der Waals surface area contributed by atoms with Gasteiger partial charge in [-0.3, -0.25) is 0 Å². The van der Waals surface area contributed by atoms with E-state index in [4.69, 9.17) is 5.26 Å². The molecule has 0 bridgehead atoms. The van der Waals surface area contributed by atoms with Crippen LogP contribution in [0.1, 0.15) is 25.3 Å². The van der Waals surface area contributed by atoms with Crippen LogP contribution in [-0.2, 0) is 10.2 Å². The summed E-state index contributed by atoms with van der Waals surface area (Å²) in [5, 5.41) is 8.88. The summed E-state index contributed by atoms with van der Waals surface area (Å²) in [7, 11) is -1.99. The molecular formula is C17H23N3O2S. The standard InChI is InChI=1S/C17H23N3O2S/c1-15(13-18)14-19(2)23(21,22)20-12-6-9-17(20)11-10-16-7-4-3-5-8-16/h3-5,7-8,10-11,15,17H,6,9,12,14H2,1-2H3. The van der Waals surface area contributed by atoms with Gasteiger partial charge in [-0.2, -0.15) is 22.3 Å². The highest BCUT2D eigenvalue weighted by molar-refractivity contribution is 7.86. The number of nitrogens with zero attached hydrogens (tertiary/aromatic N) is 3. The van der Waals surface area contributed by atoms with Gasteiger partial charge in [-0.05, 0) is 25.3 Å². The van der Waals surface area contributed by atoms with E-state index in [2.05, 4.69) is 6.07 Å². The minimum Gasteiger partial charge on any atom is -0.198 e. The fourth-order valence-corrected chi connectivity index (χ4v) is 4.38. The molecule has 23 heavy (non-hydrogen) atoms. The maximum absolute atomic E-state index is 12.7. The van der Waals surface area contributed by atoms with Crippen LogP contribution in [0.2, 0.25) is 0 Å². The van der Waals surface area contributed by atoms with Gasteiger partial charge in [-0.1, -0.05) is 42.5 Å². The van der Waals surface area contributed by atoms with Crippen molar-refractivity contribution >= 4 is 16.3 Å². The Hall–Kier alpha value is -1.68. The van der Waals surface area contributed by atoms with Crippen LogP contribution < -0.4 is 0 Å². The topological polar surface area (TPSA) is 64.4 Å². The van der Waals surface area contributed by atoms with Crippen LogP contribution in [0, 0.1) is 17.2 Å². The van der Waals surface area contributed by atoms with Crippen molar-refractivity contribution in [2.24, 2.45) is 5.92 Å². The zero-order chi connectivity index (χ0) is 16.9. The fraction of sp³-hybridized carbons (Fsp3) is 0.471. The first-order valence-electron chi connectivity index (χ1n) is 7.81. The van der Waals surface area contributed by atoms with Gasteiger partial charge < -0.3 is 0 Å². The fourth-order valence-electron chi connectivity index (χ4n) is 2.73. The molecule has 1 heterocycles. The summed E-state index contributed by atoms with van der Waals surface area (Å²) in [6, 6.07) is 11.8. The molecule has 5 nitrogen and oxygen atoms in total. The average molecular weight is 333 g/mol. The third kappa shape index (κ3) is 4.41. The van der Waals surface area contributed by atoms with E-state index in [1.165, 1.54) is 8.61 Å². The SMILES string of the molecule is CC(C#N)CN(C)S(=O)(=O)N1CCCC1C=Cc1ccccc1. The van der Waals surface area contributed by atoms with Crippen LogP contribution in [0.4, 0.5) is 0 Å². The van der Waals surface area contributed by atoms with Crippen molar-refractivity contribution in [3.05, 3.63) is 42.0 Å². The molecule has 1 aliphatic heterocycles. The summed E-state index contributed by atoms with van der Waals surface area (Å²) < 4.78 is 28.3. The van der Waals surface area contributed by atoms with Crippen LogP contribution in [0.3, 0.4) is 0 Å². The molecule has 1 saturated heterocycles. The van der Waals surface area contributed by atoms with Crippen LogP contribution >= 0.6 is 0 Å². The van der Waals surface area contributed by atoms with Gasteiger partial charge in [0.15, 0.2) is 0 Å². The third-order valence-electron chi connectivity index (χ3n) is 4.00. The minimum absolute atomic E-state index is 0.125. The predicted octanol–water partition coefficient (Wildman–Crippen LogP) is 2.50. The molecule has 1 fully saturated rings. The zero-order valence-electron chi connectivity index (χ0n) is 13.6. The molecule has 2 unspecified atom stereocenters. The highest BCUT2D eigenvalue weighted by Crippen LogP contribution is 2.24.